The average molecular weight is 196 g/mol. The zero-order valence-corrected chi connectivity index (χ0v) is 8.96. The van der Waals surface area contributed by atoms with Gasteiger partial charge in [-0.25, -0.2) is 5.84 Å². The van der Waals surface area contributed by atoms with E-state index in [0.29, 0.717) is 5.57 Å². The molecule has 0 saturated heterocycles. The number of nitrogens with two attached hydrogens (primary N) is 1. The number of carbonyl (C=O) groups is 1. The maximum atomic E-state index is 10.9. The van der Waals surface area contributed by atoms with Gasteiger partial charge in [-0.15, -0.1) is 0 Å². The average Bonchev–Trinajstić information content (AvgIpc) is 2.13. The summed E-state index contributed by atoms with van der Waals surface area (Å²) in [5, 5.41) is 9.02. The predicted octanol–water partition coefficient (Wildman–Crippen LogP) is 0.294. The summed E-state index contributed by atoms with van der Waals surface area (Å²) in [6.07, 6.45) is 0.804. The third-order valence-electron chi connectivity index (χ3n) is 2.82. The number of allylic oxidation sites excluding steroid dienone is 1. The van der Waals surface area contributed by atoms with E-state index in [-0.39, 0.29) is 5.96 Å². The first-order valence-electron chi connectivity index (χ1n) is 4.37. The summed E-state index contributed by atoms with van der Waals surface area (Å²) >= 11 is 0. The van der Waals surface area contributed by atoms with Crippen LogP contribution in [0.2, 0.25) is 0 Å². The smallest absolute Gasteiger partial charge is 0.213 e. The number of nitrogens with zero attached hydrogens (tertiary/aromatic N) is 2. The molecule has 1 aliphatic rings. The van der Waals surface area contributed by atoms with Gasteiger partial charge in [0.1, 0.15) is 6.29 Å². The second-order valence-corrected chi connectivity index (χ2v) is 3.93. The Morgan fingerprint density at radius 3 is 2.43 bits per heavy atom. The minimum atomic E-state index is -0.616. The van der Waals surface area contributed by atoms with E-state index in [1.807, 2.05) is 20.8 Å². The molecule has 1 heterocycles. The Morgan fingerprint density at radius 1 is 1.50 bits per heavy atom. The second kappa shape index (κ2) is 3.09. The summed E-state index contributed by atoms with van der Waals surface area (Å²) in [4.78, 5) is 12.5. The van der Waals surface area contributed by atoms with Crippen molar-refractivity contribution >= 4 is 12.2 Å². The van der Waals surface area contributed by atoms with Crippen LogP contribution < -0.4 is 5.84 Å². The minimum Gasteiger partial charge on any atom is -0.318 e. The van der Waals surface area contributed by atoms with Crippen molar-refractivity contribution in [2.75, 3.05) is 7.05 Å². The van der Waals surface area contributed by atoms with E-state index < -0.39 is 5.54 Å². The molecule has 5 nitrogen and oxygen atoms in total. The topological polar surface area (TPSA) is 73.4 Å². The number of hydrogen-bond acceptors (Lipinski definition) is 3. The number of guanidine groups is 1. The SMILES string of the molecule is CC1=C(C=O)C(C)(C)N(N)C(=N)N1C. The molecule has 78 valence electrons. The van der Waals surface area contributed by atoms with Crippen LogP contribution in [0.5, 0.6) is 0 Å². The molecule has 0 saturated carbocycles. The summed E-state index contributed by atoms with van der Waals surface area (Å²) in [5.41, 5.74) is 0.769. The Labute approximate surface area is 83.6 Å². The highest BCUT2D eigenvalue weighted by atomic mass is 16.1. The van der Waals surface area contributed by atoms with E-state index in [1.165, 1.54) is 5.01 Å². The summed E-state index contributed by atoms with van der Waals surface area (Å²) in [6.45, 7) is 5.45. The highest BCUT2D eigenvalue weighted by molar-refractivity contribution is 5.88. The summed E-state index contributed by atoms with van der Waals surface area (Å²) in [5.74, 6) is 5.94. The number of rotatable bonds is 1. The van der Waals surface area contributed by atoms with E-state index in [4.69, 9.17) is 11.3 Å². The van der Waals surface area contributed by atoms with Crippen molar-refractivity contribution in [2.45, 2.75) is 26.3 Å². The van der Waals surface area contributed by atoms with Crippen LogP contribution in [0.15, 0.2) is 11.3 Å². The molecule has 0 bridgehead atoms. The van der Waals surface area contributed by atoms with Gasteiger partial charge in [0.2, 0.25) is 5.96 Å². The van der Waals surface area contributed by atoms with Gasteiger partial charge in [0.25, 0.3) is 0 Å². The molecular formula is C9H16N4O. The molecule has 0 spiro atoms. The van der Waals surface area contributed by atoms with Crippen LogP contribution in [-0.2, 0) is 4.79 Å². The Morgan fingerprint density at radius 2 is 2.00 bits per heavy atom. The number of carbonyl (C=O) groups excluding carboxylic acids is 1. The lowest BCUT2D eigenvalue weighted by Gasteiger charge is -2.45. The van der Waals surface area contributed by atoms with Crippen LogP contribution in [0.3, 0.4) is 0 Å². The van der Waals surface area contributed by atoms with E-state index in [1.54, 1.807) is 11.9 Å². The molecule has 3 N–H and O–H groups in total. The standard InChI is InChI=1S/C9H16N4O/c1-6-7(5-14)9(2,3)13(11)8(10)12(6)4/h5,10H,11H2,1-4H3. The summed E-state index contributed by atoms with van der Waals surface area (Å²) < 4.78 is 0. The predicted molar refractivity (Wildman–Crippen MR) is 54.4 cm³/mol. The summed E-state index contributed by atoms with van der Waals surface area (Å²) in [7, 11) is 1.72. The third kappa shape index (κ3) is 1.21. The Hall–Kier alpha value is -1.36. The van der Waals surface area contributed by atoms with Crippen LogP contribution in [-0.4, -0.2) is 34.7 Å². The molecule has 0 aromatic heterocycles. The number of aldehydes is 1. The van der Waals surface area contributed by atoms with Gasteiger partial charge in [0.05, 0.1) is 5.54 Å². The largest absolute Gasteiger partial charge is 0.318 e. The van der Waals surface area contributed by atoms with Crippen LogP contribution in [0.25, 0.3) is 0 Å². The van der Waals surface area contributed by atoms with Crippen molar-refractivity contribution in [1.82, 2.24) is 9.91 Å². The van der Waals surface area contributed by atoms with Crippen molar-refractivity contribution in [3.8, 4) is 0 Å². The van der Waals surface area contributed by atoms with E-state index in [9.17, 15) is 4.79 Å². The lowest BCUT2D eigenvalue weighted by molar-refractivity contribution is -0.106. The fourth-order valence-electron chi connectivity index (χ4n) is 1.57. The molecule has 0 atom stereocenters. The fourth-order valence-corrected chi connectivity index (χ4v) is 1.57. The molecule has 5 heteroatoms. The van der Waals surface area contributed by atoms with Crippen molar-refractivity contribution in [3.05, 3.63) is 11.3 Å². The molecule has 0 aromatic carbocycles. The van der Waals surface area contributed by atoms with Gasteiger partial charge in [-0.05, 0) is 20.8 Å². The molecule has 1 rings (SSSR count). The summed E-state index contributed by atoms with van der Waals surface area (Å²) in [6, 6.07) is 0. The zero-order chi connectivity index (χ0) is 11.1. The quantitative estimate of drug-likeness (QED) is 0.467. The zero-order valence-electron chi connectivity index (χ0n) is 8.96. The maximum absolute atomic E-state index is 10.9. The first-order valence-corrected chi connectivity index (χ1v) is 4.37. The van der Waals surface area contributed by atoms with Gasteiger partial charge in [-0.1, -0.05) is 0 Å². The van der Waals surface area contributed by atoms with Crippen LogP contribution >= 0.6 is 0 Å². The van der Waals surface area contributed by atoms with Gasteiger partial charge in [-0.2, -0.15) is 0 Å². The highest BCUT2D eigenvalue weighted by Crippen LogP contribution is 2.29. The third-order valence-corrected chi connectivity index (χ3v) is 2.82. The molecule has 0 aromatic rings. The van der Waals surface area contributed by atoms with Crippen molar-refractivity contribution in [2.24, 2.45) is 5.84 Å². The highest BCUT2D eigenvalue weighted by Gasteiger charge is 2.38. The second-order valence-electron chi connectivity index (χ2n) is 3.93. The van der Waals surface area contributed by atoms with E-state index in [0.717, 1.165) is 12.0 Å². The molecule has 0 aliphatic carbocycles. The van der Waals surface area contributed by atoms with Gasteiger partial charge in [0, 0.05) is 18.3 Å². The van der Waals surface area contributed by atoms with Crippen LogP contribution in [0, 0.1) is 5.41 Å². The molecule has 14 heavy (non-hydrogen) atoms. The molecule has 1 aliphatic heterocycles. The Kier molecular flexibility index (Phi) is 2.37. The molecule has 0 fully saturated rings. The fraction of sp³-hybridized carbons (Fsp3) is 0.556. The van der Waals surface area contributed by atoms with E-state index >= 15 is 0 Å². The van der Waals surface area contributed by atoms with E-state index in [2.05, 4.69) is 0 Å². The molecule has 0 amide bonds. The molecular weight excluding hydrogens is 180 g/mol. The normalized spacial score (nSPS) is 21.6. The number of hydrazine groups is 1. The molecule has 0 radical (unpaired) electrons. The molecule has 0 unspecified atom stereocenters. The monoisotopic (exact) mass is 196 g/mol. The Bertz CT molecular complexity index is 319. The lowest BCUT2D eigenvalue weighted by Crippen LogP contribution is -2.61. The van der Waals surface area contributed by atoms with Gasteiger partial charge < -0.3 is 4.90 Å². The minimum absolute atomic E-state index is 0.193. The first kappa shape index (κ1) is 10.7. The van der Waals surface area contributed by atoms with Crippen LogP contribution in [0.4, 0.5) is 0 Å². The first-order chi connectivity index (χ1) is 6.34. The van der Waals surface area contributed by atoms with Gasteiger partial charge >= 0.3 is 0 Å². The number of hydrogen-bond donors (Lipinski definition) is 2. The van der Waals surface area contributed by atoms with Gasteiger partial charge in [-0.3, -0.25) is 15.2 Å². The Balaban J connectivity index is 3.35. The van der Waals surface area contributed by atoms with Crippen molar-refractivity contribution in [1.29, 1.82) is 5.41 Å². The van der Waals surface area contributed by atoms with Crippen molar-refractivity contribution < 1.29 is 4.79 Å². The number of nitrogens with one attached hydrogen (secondary N) is 1. The van der Waals surface area contributed by atoms with Crippen molar-refractivity contribution in [3.63, 3.8) is 0 Å². The van der Waals surface area contributed by atoms with Crippen LogP contribution in [0.1, 0.15) is 20.8 Å². The van der Waals surface area contributed by atoms with Gasteiger partial charge in [0.15, 0.2) is 0 Å². The lowest BCUT2D eigenvalue weighted by atomic mass is 9.90. The maximum Gasteiger partial charge on any atom is 0.213 e.